The number of sulfonamides is 1. The van der Waals surface area contributed by atoms with Crippen molar-refractivity contribution >= 4 is 21.6 Å². The topological polar surface area (TPSA) is 76.0 Å². The van der Waals surface area contributed by atoms with Crippen LogP contribution in [-0.2, 0) is 23.6 Å². The molecule has 0 fully saturated rings. The molecule has 98 valence electrons. The molecule has 17 heavy (non-hydrogen) atoms. The quantitative estimate of drug-likeness (QED) is 0.695. The predicted molar refractivity (Wildman–Crippen MR) is 67.4 cm³/mol. The van der Waals surface area contributed by atoms with Crippen LogP contribution in [0, 0.1) is 0 Å². The van der Waals surface area contributed by atoms with Crippen molar-refractivity contribution < 1.29 is 8.42 Å². The van der Waals surface area contributed by atoms with Crippen LogP contribution in [0.15, 0.2) is 6.20 Å². The number of hydrogen-bond acceptors (Lipinski definition) is 4. The van der Waals surface area contributed by atoms with Crippen LogP contribution >= 0.6 is 11.6 Å². The maximum absolute atomic E-state index is 10.8. The zero-order valence-electron chi connectivity index (χ0n) is 9.90. The van der Waals surface area contributed by atoms with E-state index in [9.17, 15) is 8.42 Å². The molecule has 8 heteroatoms. The minimum atomic E-state index is -3.08. The van der Waals surface area contributed by atoms with Gasteiger partial charge >= 0.3 is 0 Å². The normalized spacial score (nSPS) is 11.9. The number of imidazole rings is 1. The summed E-state index contributed by atoms with van der Waals surface area (Å²) in [6, 6.07) is 0. The minimum Gasteiger partial charge on any atom is -0.321 e. The molecule has 0 aliphatic rings. The Kier molecular flexibility index (Phi) is 5.38. The van der Waals surface area contributed by atoms with E-state index < -0.39 is 10.0 Å². The van der Waals surface area contributed by atoms with Gasteiger partial charge in [0.25, 0.3) is 0 Å². The number of hydrogen-bond donors (Lipinski definition) is 2. The molecule has 0 aromatic carbocycles. The Labute approximate surface area is 106 Å². The van der Waals surface area contributed by atoms with Gasteiger partial charge in [-0.05, 0) is 13.0 Å². The second kappa shape index (κ2) is 6.34. The Hall–Kier alpha value is -0.630. The lowest BCUT2D eigenvalue weighted by Crippen LogP contribution is -2.26. The summed E-state index contributed by atoms with van der Waals surface area (Å²) >= 11 is 5.84. The Morgan fingerprint density at radius 1 is 1.47 bits per heavy atom. The van der Waals surface area contributed by atoms with E-state index in [-0.39, 0.29) is 0 Å². The zero-order valence-corrected chi connectivity index (χ0v) is 11.5. The first kappa shape index (κ1) is 14.4. The van der Waals surface area contributed by atoms with Crippen LogP contribution in [0.3, 0.4) is 0 Å². The second-order valence-corrected chi connectivity index (χ2v) is 5.97. The summed E-state index contributed by atoms with van der Waals surface area (Å²) in [6.07, 6.45) is 3.48. The van der Waals surface area contributed by atoms with E-state index in [1.165, 1.54) is 0 Å². The molecule has 1 aromatic heterocycles. The summed E-state index contributed by atoms with van der Waals surface area (Å²) in [4.78, 5) is 4.13. The van der Waals surface area contributed by atoms with Crippen molar-refractivity contribution in [3.63, 3.8) is 0 Å². The highest BCUT2D eigenvalue weighted by atomic mass is 35.5. The molecule has 1 heterocycles. The molecule has 0 unspecified atom stereocenters. The van der Waals surface area contributed by atoms with Crippen molar-refractivity contribution in [2.45, 2.75) is 13.0 Å². The summed E-state index contributed by atoms with van der Waals surface area (Å²) in [5.41, 5.74) is 0. The van der Waals surface area contributed by atoms with E-state index in [1.807, 2.05) is 7.05 Å². The zero-order chi connectivity index (χ0) is 12.9. The van der Waals surface area contributed by atoms with Gasteiger partial charge in [0.05, 0.1) is 19.0 Å². The first-order valence-corrected chi connectivity index (χ1v) is 7.48. The third kappa shape index (κ3) is 5.49. The first-order chi connectivity index (χ1) is 7.90. The Bertz CT molecular complexity index is 458. The molecule has 0 aliphatic heterocycles. The summed E-state index contributed by atoms with van der Waals surface area (Å²) in [5.74, 6) is 0.853. The van der Waals surface area contributed by atoms with E-state index in [0.717, 1.165) is 18.5 Å². The first-order valence-electron chi connectivity index (χ1n) is 5.21. The van der Waals surface area contributed by atoms with Crippen LogP contribution in [0.2, 0.25) is 5.15 Å². The second-order valence-electron chi connectivity index (χ2n) is 3.75. The average molecular weight is 281 g/mol. The lowest BCUT2D eigenvalue weighted by atomic mass is 10.4. The molecule has 0 radical (unpaired) electrons. The minimum absolute atomic E-state index is 0.438. The highest BCUT2D eigenvalue weighted by Crippen LogP contribution is 2.08. The van der Waals surface area contributed by atoms with Crippen molar-refractivity contribution in [3.05, 3.63) is 17.2 Å². The summed E-state index contributed by atoms with van der Waals surface area (Å²) in [5, 5.41) is 3.76. The van der Waals surface area contributed by atoms with E-state index in [2.05, 4.69) is 15.0 Å². The summed E-state index contributed by atoms with van der Waals surface area (Å²) in [7, 11) is -1.23. The van der Waals surface area contributed by atoms with Gasteiger partial charge in [-0.1, -0.05) is 11.6 Å². The monoisotopic (exact) mass is 280 g/mol. The van der Waals surface area contributed by atoms with E-state index in [4.69, 9.17) is 11.6 Å². The van der Waals surface area contributed by atoms with Gasteiger partial charge in [-0.25, -0.2) is 18.1 Å². The molecule has 0 atom stereocenters. The van der Waals surface area contributed by atoms with Crippen LogP contribution in [0.1, 0.15) is 12.2 Å². The number of nitrogens with one attached hydrogen (secondary N) is 2. The number of halogens is 1. The largest absolute Gasteiger partial charge is 0.321 e. The van der Waals surface area contributed by atoms with Crippen molar-refractivity contribution in [3.8, 4) is 0 Å². The SMILES string of the molecule is Cn1c(Cl)cnc1CNCCCNS(C)(=O)=O. The van der Waals surface area contributed by atoms with Crippen LogP contribution in [0.5, 0.6) is 0 Å². The molecule has 0 bridgehead atoms. The maximum atomic E-state index is 10.8. The molecule has 6 nitrogen and oxygen atoms in total. The van der Waals surface area contributed by atoms with Crippen molar-refractivity contribution in [2.24, 2.45) is 7.05 Å². The fourth-order valence-electron chi connectivity index (χ4n) is 1.26. The van der Waals surface area contributed by atoms with Gasteiger partial charge in [0.2, 0.25) is 10.0 Å². The molecule has 0 aliphatic carbocycles. The lowest BCUT2D eigenvalue weighted by Gasteiger charge is -2.05. The highest BCUT2D eigenvalue weighted by Gasteiger charge is 2.03. The highest BCUT2D eigenvalue weighted by molar-refractivity contribution is 7.88. The molecule has 1 rings (SSSR count). The van der Waals surface area contributed by atoms with Gasteiger partial charge in [0.15, 0.2) is 0 Å². The molecule has 1 aromatic rings. The Morgan fingerprint density at radius 3 is 2.71 bits per heavy atom. The number of aromatic nitrogens is 2. The van der Waals surface area contributed by atoms with Gasteiger partial charge in [0, 0.05) is 13.6 Å². The lowest BCUT2D eigenvalue weighted by molar-refractivity contribution is 0.575. The van der Waals surface area contributed by atoms with Gasteiger partial charge in [0.1, 0.15) is 11.0 Å². The molecule has 2 N–H and O–H groups in total. The predicted octanol–water partition coefficient (Wildman–Crippen LogP) is 0.102. The molecule has 0 saturated heterocycles. The van der Waals surface area contributed by atoms with Gasteiger partial charge < -0.3 is 9.88 Å². The summed E-state index contributed by atoms with van der Waals surface area (Å²) in [6.45, 7) is 1.77. The maximum Gasteiger partial charge on any atom is 0.208 e. The van der Waals surface area contributed by atoms with Gasteiger partial charge in [-0.3, -0.25) is 0 Å². The Morgan fingerprint density at radius 2 is 2.18 bits per heavy atom. The van der Waals surface area contributed by atoms with Crippen molar-refractivity contribution in [2.75, 3.05) is 19.3 Å². The fourth-order valence-corrected chi connectivity index (χ4v) is 1.92. The molecular formula is C9H17ClN4O2S. The van der Waals surface area contributed by atoms with Crippen LogP contribution in [0.4, 0.5) is 0 Å². The molecule has 0 spiro atoms. The molecule has 0 saturated carbocycles. The van der Waals surface area contributed by atoms with Gasteiger partial charge in [-0.2, -0.15) is 0 Å². The van der Waals surface area contributed by atoms with Crippen molar-refractivity contribution in [1.82, 2.24) is 19.6 Å². The fraction of sp³-hybridized carbons (Fsp3) is 0.667. The number of rotatable bonds is 7. The van der Waals surface area contributed by atoms with Gasteiger partial charge in [-0.15, -0.1) is 0 Å². The van der Waals surface area contributed by atoms with E-state index >= 15 is 0 Å². The third-order valence-corrected chi connectivity index (χ3v) is 3.29. The smallest absolute Gasteiger partial charge is 0.208 e. The van der Waals surface area contributed by atoms with Crippen LogP contribution in [-0.4, -0.2) is 37.3 Å². The number of nitrogens with zero attached hydrogens (tertiary/aromatic N) is 2. The third-order valence-electron chi connectivity index (χ3n) is 2.21. The van der Waals surface area contributed by atoms with Crippen molar-refractivity contribution in [1.29, 1.82) is 0 Å². The van der Waals surface area contributed by atoms with E-state index in [1.54, 1.807) is 10.8 Å². The van der Waals surface area contributed by atoms with Crippen LogP contribution in [0.25, 0.3) is 0 Å². The standard InChI is InChI=1S/C9H17ClN4O2S/c1-14-8(10)6-12-9(14)7-11-4-3-5-13-17(2,15)16/h6,11,13H,3-5,7H2,1-2H3. The average Bonchev–Trinajstić information content (AvgIpc) is 2.53. The summed E-state index contributed by atoms with van der Waals surface area (Å²) < 4.78 is 25.8. The molecule has 0 amide bonds. The molecular weight excluding hydrogens is 264 g/mol. The Balaban J connectivity index is 2.15. The van der Waals surface area contributed by atoms with Crippen LogP contribution < -0.4 is 10.0 Å². The van der Waals surface area contributed by atoms with E-state index in [0.29, 0.717) is 24.8 Å².